The van der Waals surface area contributed by atoms with E-state index < -0.39 is 29.9 Å². The first-order valence-corrected chi connectivity index (χ1v) is 17.6. The number of piperidine rings is 1. The van der Waals surface area contributed by atoms with E-state index in [0.29, 0.717) is 19.6 Å². The van der Waals surface area contributed by atoms with Gasteiger partial charge in [-0.15, -0.1) is 0 Å². The molecule has 0 radical (unpaired) electrons. The van der Waals surface area contributed by atoms with Crippen molar-refractivity contribution in [2.24, 2.45) is 14.1 Å². The van der Waals surface area contributed by atoms with Gasteiger partial charge in [-0.2, -0.15) is 0 Å². The summed E-state index contributed by atoms with van der Waals surface area (Å²) in [5, 5.41) is 3.61. The molecule has 0 aliphatic carbocycles. The van der Waals surface area contributed by atoms with Crippen molar-refractivity contribution in [2.45, 2.75) is 30.7 Å². The van der Waals surface area contributed by atoms with Crippen LogP contribution in [0.4, 0.5) is 0 Å². The molecule has 11 heteroatoms. The first kappa shape index (κ1) is 26.2. The average molecular weight is 696 g/mol. The van der Waals surface area contributed by atoms with Crippen molar-refractivity contribution >= 4 is 61.7 Å². The van der Waals surface area contributed by atoms with Gasteiger partial charge in [-0.1, -0.05) is 18.2 Å². The van der Waals surface area contributed by atoms with Crippen LogP contribution in [0.5, 0.6) is 0 Å². The molecule has 194 valence electrons. The number of hydrogen-bond acceptors (Lipinski definition) is 7. The number of pyridine rings is 1. The summed E-state index contributed by atoms with van der Waals surface area (Å²) in [6.45, 7) is 1.75. The molecule has 1 aromatic heterocycles. The third-order valence-electron chi connectivity index (χ3n) is 6.40. The Balaban J connectivity index is 1.29. The third kappa shape index (κ3) is 6.20. The molecule has 1 saturated heterocycles. The number of carbonyl (C=O) groups excluding carboxylic acids is 1. The number of nitrogens with zero attached hydrogens (tertiary/aromatic N) is 4. The summed E-state index contributed by atoms with van der Waals surface area (Å²) in [5.74, 6) is -0.184. The number of nitrogens with one attached hydrogen (secondary N) is 1. The Labute approximate surface area is 232 Å². The molecule has 1 N–H and O–H groups in total. The topological polar surface area (TPSA) is 104 Å². The summed E-state index contributed by atoms with van der Waals surface area (Å²) in [6, 6.07) is 12.2. The van der Waals surface area contributed by atoms with Crippen LogP contribution < -0.4 is 5.32 Å². The molecule has 1 unspecified atom stereocenters. The number of aliphatic imine (C=N–C) groups is 1. The standard InChI is InChI=1S/C26H27BrIN5O3S/c27-22-17-31-28-24(30-16-19-6-4-11-29-15-19)14-23(32-26(22)28)20-7-5-12-33(18-20)25(34)10-13-37(35,36)21-8-2-1-3-9-21/h1-4,6,8-9,11,14-15,17,20,32H,5,7,10,12-13,16,18H2. The number of halogens is 2. The quantitative estimate of drug-likeness (QED) is 0.336. The second-order valence-corrected chi connectivity index (χ2v) is 16.1. The molecular formula is C26H27BrIN5O3S. The number of rotatable bonds is 7. The van der Waals surface area contributed by atoms with Crippen molar-refractivity contribution in [3.8, 4) is 0 Å². The fraction of sp³-hybridized carbons (Fsp3) is 0.308. The van der Waals surface area contributed by atoms with Gasteiger partial charge < -0.3 is 0 Å². The van der Waals surface area contributed by atoms with E-state index in [4.69, 9.17) is 8.20 Å². The zero-order valence-corrected chi connectivity index (χ0v) is 24.6. The van der Waals surface area contributed by atoms with Gasteiger partial charge in [0.2, 0.25) is 0 Å². The number of fused-ring (bicyclic) bond motifs is 1. The molecule has 5 rings (SSSR count). The number of amides is 1. The van der Waals surface area contributed by atoms with E-state index in [0.717, 1.165) is 36.0 Å². The summed E-state index contributed by atoms with van der Waals surface area (Å²) in [6.07, 6.45) is 9.37. The van der Waals surface area contributed by atoms with Crippen LogP contribution in [0.3, 0.4) is 0 Å². The van der Waals surface area contributed by atoms with Crippen molar-refractivity contribution < 1.29 is 13.2 Å². The minimum absolute atomic E-state index is 0.0192. The molecule has 4 heterocycles. The van der Waals surface area contributed by atoms with Crippen LogP contribution in [0.2, 0.25) is 0 Å². The van der Waals surface area contributed by atoms with E-state index in [-0.39, 0.29) is 28.9 Å². The van der Waals surface area contributed by atoms with E-state index in [1.54, 1.807) is 36.5 Å². The number of benzene rings is 1. The number of sulfone groups is 1. The monoisotopic (exact) mass is 695 g/mol. The Morgan fingerprint density at radius 3 is 2.84 bits per heavy atom. The molecule has 1 amide bonds. The Bertz CT molecular complexity index is 1390. The molecule has 8 nitrogen and oxygen atoms in total. The normalized spacial score (nSPS) is 21.6. The molecular weight excluding hydrogens is 669 g/mol. The van der Waals surface area contributed by atoms with Gasteiger partial charge in [0, 0.05) is 0 Å². The zero-order chi connectivity index (χ0) is 25.8. The molecule has 0 spiro atoms. The van der Waals surface area contributed by atoms with Crippen molar-refractivity contribution in [2.75, 3.05) is 18.8 Å². The van der Waals surface area contributed by atoms with Crippen LogP contribution in [0, 0.1) is 5.92 Å². The predicted molar refractivity (Wildman–Crippen MR) is 157 cm³/mol. The predicted octanol–water partition coefficient (Wildman–Crippen LogP) is 4.64. The maximum atomic E-state index is 13.0. The summed E-state index contributed by atoms with van der Waals surface area (Å²) in [7, 11) is -3.49. The second kappa shape index (κ2) is 11.6. The molecule has 0 bridgehead atoms. The van der Waals surface area contributed by atoms with Crippen LogP contribution in [-0.4, -0.2) is 53.0 Å². The summed E-state index contributed by atoms with van der Waals surface area (Å²) >= 11 is 1.64. The molecule has 1 aromatic carbocycles. The van der Waals surface area contributed by atoms with E-state index >= 15 is 0 Å². The van der Waals surface area contributed by atoms with Crippen molar-refractivity contribution in [1.29, 1.82) is 0 Å². The first-order chi connectivity index (χ1) is 17.9. The molecule has 37 heavy (non-hydrogen) atoms. The molecule has 3 aliphatic rings. The Morgan fingerprint density at radius 2 is 2.05 bits per heavy atom. The Morgan fingerprint density at radius 1 is 1.22 bits per heavy atom. The first-order valence-electron chi connectivity index (χ1n) is 12.0. The maximum absolute atomic E-state index is 13.0. The van der Waals surface area contributed by atoms with E-state index in [1.165, 1.54) is 0 Å². The molecule has 2 aromatic rings. The van der Waals surface area contributed by atoms with Crippen LogP contribution >= 0.6 is 36.0 Å². The number of likely N-dealkylation sites (tertiary alicyclic amines) is 1. The van der Waals surface area contributed by atoms with Gasteiger partial charge in [0.15, 0.2) is 0 Å². The van der Waals surface area contributed by atoms with Gasteiger partial charge in [0.1, 0.15) is 0 Å². The van der Waals surface area contributed by atoms with Crippen LogP contribution in [0.1, 0.15) is 24.8 Å². The van der Waals surface area contributed by atoms with E-state index in [2.05, 4.69) is 32.3 Å². The van der Waals surface area contributed by atoms with Gasteiger partial charge in [0.25, 0.3) is 0 Å². The van der Waals surface area contributed by atoms with Crippen LogP contribution in [-0.2, 0) is 21.2 Å². The fourth-order valence-electron chi connectivity index (χ4n) is 4.44. The number of allylic oxidation sites excluding steroid dienone is 2. The second-order valence-electron chi connectivity index (χ2n) is 8.94. The van der Waals surface area contributed by atoms with Crippen molar-refractivity contribution in [3.63, 3.8) is 0 Å². The molecule has 3 aliphatic heterocycles. The summed E-state index contributed by atoms with van der Waals surface area (Å²) < 4.78 is 33.2. The van der Waals surface area contributed by atoms with E-state index in [1.807, 2.05) is 29.4 Å². The number of aromatic nitrogens is 1. The van der Waals surface area contributed by atoms with Crippen molar-refractivity contribution in [3.05, 3.63) is 80.4 Å². The van der Waals surface area contributed by atoms with Crippen molar-refractivity contribution in [1.82, 2.24) is 15.2 Å². The van der Waals surface area contributed by atoms with Gasteiger partial charge >= 0.3 is 216 Å². The van der Waals surface area contributed by atoms with Gasteiger partial charge in [-0.25, -0.2) is 0 Å². The third-order valence-corrected chi connectivity index (χ3v) is 13.9. The summed E-state index contributed by atoms with van der Waals surface area (Å²) in [5.41, 5.74) is 2.09. The zero-order valence-electron chi connectivity index (χ0n) is 20.1. The molecule has 1 atom stereocenters. The Hall–Kier alpha value is -2.38. The SMILES string of the molecule is O=C(CCS(=O)(=O)c1ccccc1)N1CCCC(C2=CC(=NCc3cccnc3)I3N=CC(Br)=C3N2)C1. The summed E-state index contributed by atoms with van der Waals surface area (Å²) in [4.78, 5) is 24.2. The van der Waals surface area contributed by atoms with Gasteiger partial charge in [-0.3, -0.25) is 0 Å². The van der Waals surface area contributed by atoms with Crippen LogP contribution in [0.25, 0.3) is 0 Å². The van der Waals surface area contributed by atoms with Gasteiger partial charge in [-0.05, 0) is 0 Å². The Kier molecular flexibility index (Phi) is 8.20. The van der Waals surface area contributed by atoms with Crippen LogP contribution in [0.15, 0.2) is 87.9 Å². The van der Waals surface area contributed by atoms with E-state index in [9.17, 15) is 13.2 Å². The molecule has 1 fully saturated rings. The van der Waals surface area contributed by atoms with Gasteiger partial charge in [0.05, 0.1) is 0 Å². The molecule has 0 saturated carbocycles. The minimum atomic E-state index is -3.49. The average Bonchev–Trinajstić information content (AvgIpc) is 3.32. The number of hydrogen-bond donors (Lipinski definition) is 1. The fourth-order valence-corrected chi connectivity index (χ4v) is 11.2. The number of carbonyl (C=O) groups is 1.